The smallest absolute Gasteiger partial charge is 0.387 e. The van der Waals surface area contributed by atoms with Crippen LogP contribution in [0.1, 0.15) is 22.8 Å². The zero-order chi connectivity index (χ0) is 17.5. The van der Waals surface area contributed by atoms with E-state index in [1.54, 1.807) is 12.1 Å². The molecule has 0 aliphatic rings. The molecule has 6 heteroatoms. The van der Waals surface area contributed by atoms with E-state index in [2.05, 4.69) is 10.1 Å². The van der Waals surface area contributed by atoms with Crippen molar-refractivity contribution in [3.63, 3.8) is 0 Å². The van der Waals surface area contributed by atoms with Gasteiger partial charge in [0.2, 0.25) is 5.91 Å². The summed E-state index contributed by atoms with van der Waals surface area (Å²) in [6.45, 7) is -0.873. The second-order valence-corrected chi connectivity index (χ2v) is 5.38. The Balaban J connectivity index is 1.84. The number of hydrogen-bond donors (Lipinski definition) is 2. The van der Waals surface area contributed by atoms with Gasteiger partial charge in [-0.15, -0.1) is 0 Å². The minimum atomic E-state index is -2.87. The summed E-state index contributed by atoms with van der Waals surface area (Å²) in [4.78, 5) is 11.9. The van der Waals surface area contributed by atoms with Crippen molar-refractivity contribution in [2.45, 2.75) is 26.1 Å². The summed E-state index contributed by atoms with van der Waals surface area (Å²) in [6.07, 6.45) is -0.688. The van der Waals surface area contributed by atoms with Gasteiger partial charge in [0.15, 0.2) is 0 Å². The lowest BCUT2D eigenvalue weighted by Crippen LogP contribution is -2.29. The van der Waals surface area contributed by atoms with Gasteiger partial charge in [0.05, 0.1) is 12.5 Å². The van der Waals surface area contributed by atoms with Crippen molar-refractivity contribution in [1.82, 2.24) is 5.32 Å². The van der Waals surface area contributed by atoms with E-state index >= 15 is 0 Å². The van der Waals surface area contributed by atoms with E-state index in [1.807, 2.05) is 31.2 Å². The van der Waals surface area contributed by atoms with Crippen LogP contribution in [0.4, 0.5) is 8.78 Å². The first kappa shape index (κ1) is 17.9. The topological polar surface area (TPSA) is 58.6 Å². The standard InChI is InChI=1S/C18H19F2NO3/c1-12-4-2-3-5-15(12)16(22)11-21-17(23)10-13-6-8-14(9-7-13)24-18(19)20/h2-9,16,18,22H,10-11H2,1H3,(H,21,23). The third kappa shape index (κ3) is 5.31. The molecule has 1 unspecified atom stereocenters. The monoisotopic (exact) mass is 335 g/mol. The van der Waals surface area contributed by atoms with Crippen molar-refractivity contribution in [1.29, 1.82) is 0 Å². The maximum absolute atomic E-state index is 12.1. The Morgan fingerprint density at radius 2 is 1.83 bits per heavy atom. The first-order chi connectivity index (χ1) is 11.5. The molecule has 0 saturated carbocycles. The second-order valence-electron chi connectivity index (χ2n) is 5.38. The van der Waals surface area contributed by atoms with Gasteiger partial charge in [-0.1, -0.05) is 36.4 Å². The summed E-state index contributed by atoms with van der Waals surface area (Å²) in [5, 5.41) is 12.8. The number of benzene rings is 2. The van der Waals surface area contributed by atoms with Gasteiger partial charge in [0, 0.05) is 6.54 Å². The highest BCUT2D eigenvalue weighted by molar-refractivity contribution is 5.78. The van der Waals surface area contributed by atoms with Crippen LogP contribution in [0.5, 0.6) is 5.75 Å². The first-order valence-corrected chi connectivity index (χ1v) is 7.49. The molecule has 0 radical (unpaired) electrons. The molecule has 0 heterocycles. The van der Waals surface area contributed by atoms with Crippen LogP contribution in [0.25, 0.3) is 0 Å². The normalized spacial score (nSPS) is 12.0. The average molecular weight is 335 g/mol. The van der Waals surface area contributed by atoms with E-state index < -0.39 is 12.7 Å². The summed E-state index contributed by atoms with van der Waals surface area (Å²) in [6, 6.07) is 13.3. The Morgan fingerprint density at radius 1 is 1.17 bits per heavy atom. The molecule has 0 fully saturated rings. The number of halogens is 2. The fourth-order valence-electron chi connectivity index (χ4n) is 2.32. The van der Waals surface area contributed by atoms with Crippen molar-refractivity contribution >= 4 is 5.91 Å². The van der Waals surface area contributed by atoms with Gasteiger partial charge in [-0.25, -0.2) is 0 Å². The van der Waals surface area contributed by atoms with Crippen molar-refractivity contribution < 1.29 is 23.4 Å². The number of rotatable bonds is 7. The number of carbonyl (C=O) groups is 1. The quantitative estimate of drug-likeness (QED) is 0.818. The van der Waals surface area contributed by atoms with Gasteiger partial charge in [0.1, 0.15) is 5.75 Å². The highest BCUT2D eigenvalue weighted by Crippen LogP contribution is 2.17. The van der Waals surface area contributed by atoms with E-state index in [9.17, 15) is 18.7 Å². The molecule has 128 valence electrons. The van der Waals surface area contributed by atoms with Crippen molar-refractivity contribution in [3.05, 3.63) is 65.2 Å². The number of ether oxygens (including phenoxy) is 1. The number of hydrogen-bond acceptors (Lipinski definition) is 3. The maximum atomic E-state index is 12.1. The van der Waals surface area contributed by atoms with Gasteiger partial charge in [-0.05, 0) is 35.7 Å². The molecule has 0 aliphatic heterocycles. The van der Waals surface area contributed by atoms with Crippen LogP contribution in [0.15, 0.2) is 48.5 Å². The second kappa shape index (κ2) is 8.40. The summed E-state index contributed by atoms with van der Waals surface area (Å²) >= 11 is 0. The summed E-state index contributed by atoms with van der Waals surface area (Å²) < 4.78 is 28.4. The van der Waals surface area contributed by atoms with Gasteiger partial charge >= 0.3 is 6.61 Å². The molecule has 2 aromatic rings. The number of aliphatic hydroxyl groups excluding tert-OH is 1. The van der Waals surface area contributed by atoms with Crippen LogP contribution in [0.3, 0.4) is 0 Å². The molecule has 0 aromatic heterocycles. The van der Waals surface area contributed by atoms with Crippen molar-refractivity contribution in [3.8, 4) is 5.75 Å². The molecule has 0 spiro atoms. The van der Waals surface area contributed by atoms with E-state index in [1.165, 1.54) is 12.1 Å². The Bertz CT molecular complexity index is 674. The van der Waals surface area contributed by atoms with Crippen LogP contribution in [-0.4, -0.2) is 24.2 Å². The largest absolute Gasteiger partial charge is 0.435 e. The van der Waals surface area contributed by atoms with Crippen LogP contribution < -0.4 is 10.1 Å². The zero-order valence-corrected chi connectivity index (χ0v) is 13.2. The molecule has 2 N–H and O–H groups in total. The van der Waals surface area contributed by atoms with Crippen LogP contribution >= 0.6 is 0 Å². The molecule has 2 aromatic carbocycles. The van der Waals surface area contributed by atoms with Gasteiger partial charge in [-0.3, -0.25) is 4.79 Å². The number of carbonyl (C=O) groups excluding carboxylic acids is 1. The number of nitrogens with one attached hydrogen (secondary N) is 1. The summed E-state index contributed by atoms with van der Waals surface area (Å²) in [7, 11) is 0. The van der Waals surface area contributed by atoms with Crippen LogP contribution in [-0.2, 0) is 11.2 Å². The van der Waals surface area contributed by atoms with Gasteiger partial charge in [-0.2, -0.15) is 8.78 Å². The van der Waals surface area contributed by atoms with E-state index in [0.29, 0.717) is 5.56 Å². The summed E-state index contributed by atoms with van der Waals surface area (Å²) in [5.74, 6) is -0.214. The van der Waals surface area contributed by atoms with Gasteiger partial charge in [0.25, 0.3) is 0 Å². The predicted molar refractivity (Wildman–Crippen MR) is 85.9 cm³/mol. The summed E-state index contributed by atoms with van der Waals surface area (Å²) in [5.41, 5.74) is 2.39. The van der Waals surface area contributed by atoms with Crippen LogP contribution in [0.2, 0.25) is 0 Å². The molecule has 1 amide bonds. The zero-order valence-electron chi connectivity index (χ0n) is 13.2. The van der Waals surface area contributed by atoms with Gasteiger partial charge < -0.3 is 15.2 Å². The van der Waals surface area contributed by atoms with E-state index in [-0.39, 0.29) is 24.6 Å². The third-order valence-corrected chi connectivity index (χ3v) is 3.55. The first-order valence-electron chi connectivity index (χ1n) is 7.49. The average Bonchev–Trinajstić information content (AvgIpc) is 2.54. The molecule has 24 heavy (non-hydrogen) atoms. The van der Waals surface area contributed by atoms with Crippen molar-refractivity contribution in [2.75, 3.05) is 6.54 Å². The third-order valence-electron chi connectivity index (χ3n) is 3.55. The lowest BCUT2D eigenvalue weighted by molar-refractivity contribution is -0.120. The van der Waals surface area contributed by atoms with Crippen LogP contribution in [0, 0.1) is 6.92 Å². The lowest BCUT2D eigenvalue weighted by atomic mass is 10.0. The molecule has 0 aliphatic carbocycles. The fraction of sp³-hybridized carbons (Fsp3) is 0.278. The number of aliphatic hydroxyl groups is 1. The highest BCUT2D eigenvalue weighted by Gasteiger charge is 2.12. The molecule has 4 nitrogen and oxygen atoms in total. The predicted octanol–water partition coefficient (Wildman–Crippen LogP) is 2.99. The minimum absolute atomic E-state index is 0.0455. The Hall–Kier alpha value is -2.47. The molecule has 1 atom stereocenters. The number of alkyl halides is 2. The molecular formula is C18H19F2NO3. The lowest BCUT2D eigenvalue weighted by Gasteiger charge is -2.14. The van der Waals surface area contributed by atoms with Crippen molar-refractivity contribution in [2.24, 2.45) is 0 Å². The minimum Gasteiger partial charge on any atom is -0.435 e. The number of aryl methyl sites for hydroxylation is 1. The highest BCUT2D eigenvalue weighted by atomic mass is 19.3. The Morgan fingerprint density at radius 3 is 2.46 bits per heavy atom. The molecule has 0 bridgehead atoms. The maximum Gasteiger partial charge on any atom is 0.387 e. The fourth-order valence-corrected chi connectivity index (χ4v) is 2.32. The SMILES string of the molecule is Cc1ccccc1C(O)CNC(=O)Cc1ccc(OC(F)F)cc1. The van der Waals surface area contributed by atoms with E-state index in [4.69, 9.17) is 0 Å². The number of amides is 1. The van der Waals surface area contributed by atoms with E-state index in [0.717, 1.165) is 11.1 Å². The Kier molecular flexibility index (Phi) is 6.26. The Labute approximate surface area is 139 Å². The molecular weight excluding hydrogens is 316 g/mol. The molecule has 0 saturated heterocycles. The molecule has 2 rings (SSSR count).